The van der Waals surface area contributed by atoms with Gasteiger partial charge in [-0.05, 0) is 30.5 Å². The maximum atomic E-state index is 11.8. The lowest BCUT2D eigenvalue weighted by Crippen LogP contribution is -2.09. The van der Waals surface area contributed by atoms with Crippen LogP contribution < -0.4 is 0 Å². The van der Waals surface area contributed by atoms with Gasteiger partial charge in [0.1, 0.15) is 0 Å². The number of hydrogen-bond acceptors (Lipinski definition) is 3. The van der Waals surface area contributed by atoms with Crippen LogP contribution in [-0.4, -0.2) is 25.9 Å². The van der Waals surface area contributed by atoms with Crippen LogP contribution in [-0.2, 0) is 15.6 Å². The average Bonchev–Trinajstić information content (AvgIpc) is 2.24. The van der Waals surface area contributed by atoms with Crippen LogP contribution in [0.15, 0.2) is 24.3 Å². The largest absolute Gasteiger partial charge is 0.396 e. The van der Waals surface area contributed by atoms with Gasteiger partial charge in [-0.25, -0.2) is 8.42 Å². The molecular weight excluding hydrogens is 260 g/mol. The van der Waals surface area contributed by atoms with Gasteiger partial charge in [0.25, 0.3) is 0 Å². The molecule has 17 heavy (non-hydrogen) atoms. The highest BCUT2D eigenvalue weighted by atomic mass is 35.5. The molecule has 0 aromatic heterocycles. The second-order valence-corrected chi connectivity index (χ2v) is 6.63. The Morgan fingerprint density at radius 3 is 2.59 bits per heavy atom. The topological polar surface area (TPSA) is 54.4 Å². The highest BCUT2D eigenvalue weighted by Crippen LogP contribution is 2.14. The maximum absolute atomic E-state index is 11.8. The van der Waals surface area contributed by atoms with E-state index in [0.717, 1.165) is 12.0 Å². The first kappa shape index (κ1) is 14.5. The predicted octanol–water partition coefficient (Wildman–Crippen LogP) is 2.42. The standard InChI is InChI=1S/C12H17ClO3S/c13-12-6-4-5-11(9-12)10-17(15,16)8-3-1-2-7-14/h4-6,9,14H,1-3,7-8,10H2. The van der Waals surface area contributed by atoms with Crippen LogP contribution in [0.2, 0.25) is 5.02 Å². The molecule has 1 N–H and O–H groups in total. The normalized spacial score (nSPS) is 11.6. The first-order chi connectivity index (χ1) is 8.03. The monoisotopic (exact) mass is 276 g/mol. The van der Waals surface area contributed by atoms with E-state index in [1.807, 2.05) is 0 Å². The second kappa shape index (κ2) is 6.99. The molecule has 0 fully saturated rings. The SMILES string of the molecule is O=S(=O)(CCCCCO)Cc1cccc(Cl)c1. The van der Waals surface area contributed by atoms with Gasteiger partial charge in [-0.3, -0.25) is 0 Å². The minimum atomic E-state index is -3.07. The molecule has 0 aliphatic heterocycles. The molecule has 0 aliphatic rings. The van der Waals surface area contributed by atoms with E-state index < -0.39 is 9.84 Å². The average molecular weight is 277 g/mol. The van der Waals surface area contributed by atoms with Crippen LogP contribution in [0.4, 0.5) is 0 Å². The van der Waals surface area contributed by atoms with Crippen LogP contribution >= 0.6 is 11.6 Å². The zero-order valence-corrected chi connectivity index (χ0v) is 11.2. The van der Waals surface area contributed by atoms with Gasteiger partial charge in [-0.2, -0.15) is 0 Å². The van der Waals surface area contributed by atoms with Crippen LogP contribution in [0, 0.1) is 0 Å². The summed E-state index contributed by atoms with van der Waals surface area (Å²) < 4.78 is 23.5. The second-order valence-electron chi connectivity index (χ2n) is 4.01. The number of benzene rings is 1. The Labute approximate surface area is 107 Å². The van der Waals surface area contributed by atoms with E-state index in [9.17, 15) is 8.42 Å². The number of unbranched alkanes of at least 4 members (excludes halogenated alkanes) is 2. The summed E-state index contributed by atoms with van der Waals surface area (Å²) in [6.45, 7) is 0.119. The van der Waals surface area contributed by atoms with Crippen molar-refractivity contribution in [3.63, 3.8) is 0 Å². The first-order valence-electron chi connectivity index (χ1n) is 5.59. The number of aliphatic hydroxyl groups is 1. The summed E-state index contributed by atoms with van der Waals surface area (Å²) in [5, 5.41) is 9.15. The molecule has 96 valence electrons. The quantitative estimate of drug-likeness (QED) is 0.778. The summed E-state index contributed by atoms with van der Waals surface area (Å²) in [4.78, 5) is 0. The predicted molar refractivity (Wildman–Crippen MR) is 69.9 cm³/mol. The summed E-state index contributed by atoms with van der Waals surface area (Å²) in [7, 11) is -3.07. The zero-order valence-electron chi connectivity index (χ0n) is 9.60. The van der Waals surface area contributed by atoms with E-state index in [1.54, 1.807) is 24.3 Å². The van der Waals surface area contributed by atoms with Crippen LogP contribution in [0.3, 0.4) is 0 Å². The van der Waals surface area contributed by atoms with Gasteiger partial charge in [0.2, 0.25) is 0 Å². The minimum Gasteiger partial charge on any atom is -0.396 e. The highest BCUT2D eigenvalue weighted by molar-refractivity contribution is 7.90. The lowest BCUT2D eigenvalue weighted by atomic mass is 10.2. The van der Waals surface area contributed by atoms with Gasteiger partial charge < -0.3 is 5.11 Å². The summed E-state index contributed by atoms with van der Waals surface area (Å²) in [5.74, 6) is 0.201. The van der Waals surface area contributed by atoms with Crippen LogP contribution in [0.5, 0.6) is 0 Å². The van der Waals surface area contributed by atoms with E-state index in [-0.39, 0.29) is 18.1 Å². The highest BCUT2D eigenvalue weighted by Gasteiger charge is 2.11. The summed E-state index contributed by atoms with van der Waals surface area (Å²) in [6.07, 6.45) is 2.00. The third-order valence-corrected chi connectivity index (χ3v) is 4.31. The Morgan fingerprint density at radius 2 is 1.94 bits per heavy atom. The smallest absolute Gasteiger partial charge is 0.154 e. The molecule has 0 amide bonds. The third-order valence-electron chi connectivity index (χ3n) is 2.39. The Balaban J connectivity index is 2.49. The molecule has 0 unspecified atom stereocenters. The number of hydrogen-bond donors (Lipinski definition) is 1. The molecule has 3 nitrogen and oxygen atoms in total. The van der Waals surface area contributed by atoms with Crippen molar-refractivity contribution in [2.24, 2.45) is 0 Å². The molecule has 0 radical (unpaired) electrons. The van der Waals surface area contributed by atoms with Crippen molar-refractivity contribution in [2.75, 3.05) is 12.4 Å². The molecule has 1 rings (SSSR count). The van der Waals surface area contributed by atoms with E-state index >= 15 is 0 Å². The molecular formula is C12H17ClO3S. The van der Waals surface area contributed by atoms with Crippen molar-refractivity contribution in [1.29, 1.82) is 0 Å². The lowest BCUT2D eigenvalue weighted by molar-refractivity contribution is 0.284. The fourth-order valence-electron chi connectivity index (χ4n) is 1.56. The van der Waals surface area contributed by atoms with Crippen LogP contribution in [0.25, 0.3) is 0 Å². The van der Waals surface area contributed by atoms with Crippen molar-refractivity contribution < 1.29 is 13.5 Å². The minimum absolute atomic E-state index is 0.0344. The maximum Gasteiger partial charge on any atom is 0.154 e. The summed E-state index contributed by atoms with van der Waals surface area (Å²) >= 11 is 5.80. The van der Waals surface area contributed by atoms with Crippen molar-refractivity contribution in [2.45, 2.75) is 25.0 Å². The number of sulfone groups is 1. The van der Waals surface area contributed by atoms with E-state index in [4.69, 9.17) is 16.7 Å². The van der Waals surface area contributed by atoms with Crippen LogP contribution in [0.1, 0.15) is 24.8 Å². The molecule has 0 aliphatic carbocycles. The van der Waals surface area contributed by atoms with Gasteiger partial charge in [0.15, 0.2) is 9.84 Å². The molecule has 0 atom stereocenters. The fraction of sp³-hybridized carbons (Fsp3) is 0.500. The van der Waals surface area contributed by atoms with Gasteiger partial charge in [-0.15, -0.1) is 0 Å². The molecule has 0 saturated carbocycles. The van der Waals surface area contributed by atoms with E-state index in [2.05, 4.69) is 0 Å². The third kappa shape index (κ3) is 6.05. The summed E-state index contributed by atoms with van der Waals surface area (Å²) in [6, 6.07) is 6.90. The number of aliphatic hydroxyl groups excluding tert-OH is 1. The fourth-order valence-corrected chi connectivity index (χ4v) is 3.25. The Hall–Kier alpha value is -0.580. The number of halogens is 1. The Morgan fingerprint density at radius 1 is 1.18 bits per heavy atom. The van der Waals surface area contributed by atoms with Crippen molar-refractivity contribution >= 4 is 21.4 Å². The Bertz CT molecular complexity index is 443. The van der Waals surface area contributed by atoms with Crippen molar-refractivity contribution in [3.8, 4) is 0 Å². The van der Waals surface area contributed by atoms with Gasteiger partial charge in [-0.1, -0.05) is 30.2 Å². The molecule has 1 aromatic rings. The Kier molecular flexibility index (Phi) is 5.95. The van der Waals surface area contributed by atoms with E-state index in [0.29, 0.717) is 17.9 Å². The molecule has 0 saturated heterocycles. The zero-order chi connectivity index (χ0) is 12.7. The molecule has 5 heteroatoms. The lowest BCUT2D eigenvalue weighted by Gasteiger charge is -2.04. The first-order valence-corrected chi connectivity index (χ1v) is 7.79. The molecule has 0 bridgehead atoms. The molecule has 0 spiro atoms. The summed E-state index contributed by atoms with van der Waals surface area (Å²) in [5.41, 5.74) is 0.722. The van der Waals surface area contributed by atoms with Crippen molar-refractivity contribution in [3.05, 3.63) is 34.9 Å². The van der Waals surface area contributed by atoms with Gasteiger partial charge in [0, 0.05) is 11.6 Å². The van der Waals surface area contributed by atoms with Gasteiger partial charge in [0.05, 0.1) is 11.5 Å². The van der Waals surface area contributed by atoms with E-state index in [1.165, 1.54) is 0 Å². The molecule has 1 aromatic carbocycles. The van der Waals surface area contributed by atoms with Crippen molar-refractivity contribution in [1.82, 2.24) is 0 Å². The molecule has 0 heterocycles. The van der Waals surface area contributed by atoms with Gasteiger partial charge >= 0.3 is 0 Å². The number of rotatable bonds is 7.